The zero-order valence-electron chi connectivity index (χ0n) is 9.53. The van der Waals surface area contributed by atoms with Crippen molar-refractivity contribution in [1.82, 2.24) is 9.89 Å². The minimum Gasteiger partial charge on any atom is -0.303 e. The Balaban J connectivity index is 2.29. The molecule has 1 heterocycles. The first kappa shape index (κ1) is 11.1. The lowest BCUT2D eigenvalue weighted by Crippen LogP contribution is -2.25. The van der Waals surface area contributed by atoms with Gasteiger partial charge in [0, 0.05) is 20.3 Å². The van der Waals surface area contributed by atoms with E-state index in [1.54, 1.807) is 0 Å². The maximum absolute atomic E-state index is 4.45. The maximum atomic E-state index is 4.45. The smallest absolute Gasteiger partial charge is 0.0645 e. The molecule has 0 radical (unpaired) electrons. The first-order chi connectivity index (χ1) is 6.74. The average molecular weight is 195 g/mol. The monoisotopic (exact) mass is 195 g/mol. The minimum atomic E-state index is 1.11. The zero-order valence-corrected chi connectivity index (χ0v) is 9.53. The van der Waals surface area contributed by atoms with Gasteiger partial charge in [-0.2, -0.15) is 9.89 Å². The van der Waals surface area contributed by atoms with Gasteiger partial charge in [0.25, 0.3) is 0 Å². The van der Waals surface area contributed by atoms with Crippen molar-refractivity contribution in [1.29, 1.82) is 0 Å². The Morgan fingerprint density at radius 2 is 2.07 bits per heavy atom. The molecule has 0 unspecified atom stereocenters. The Labute approximate surface area is 86.7 Å². The molecule has 0 saturated heterocycles. The molecule has 0 spiro atoms. The van der Waals surface area contributed by atoms with Crippen molar-refractivity contribution in [3.05, 3.63) is 18.0 Å². The summed E-state index contributed by atoms with van der Waals surface area (Å²) in [5, 5.41) is 6.42. The van der Waals surface area contributed by atoms with Crippen molar-refractivity contribution in [2.45, 2.75) is 39.0 Å². The maximum Gasteiger partial charge on any atom is 0.0645 e. The molecule has 0 aliphatic rings. The van der Waals surface area contributed by atoms with Crippen LogP contribution in [0.4, 0.5) is 0 Å². The Morgan fingerprint density at radius 1 is 1.29 bits per heavy atom. The highest BCUT2D eigenvalue weighted by atomic mass is 15.6. The van der Waals surface area contributed by atoms with Crippen LogP contribution in [0.5, 0.6) is 0 Å². The van der Waals surface area contributed by atoms with E-state index in [1.165, 1.54) is 31.4 Å². The Morgan fingerprint density at radius 3 is 2.64 bits per heavy atom. The number of aromatic nitrogens is 2. The summed E-state index contributed by atoms with van der Waals surface area (Å²) >= 11 is 0. The van der Waals surface area contributed by atoms with E-state index < -0.39 is 0 Å². The number of hydrogen-bond acceptors (Lipinski definition) is 2. The zero-order chi connectivity index (χ0) is 10.4. The van der Waals surface area contributed by atoms with E-state index in [9.17, 15) is 0 Å². The van der Waals surface area contributed by atoms with Crippen molar-refractivity contribution in [3.63, 3.8) is 0 Å². The van der Waals surface area contributed by atoms with Crippen LogP contribution in [0.1, 0.15) is 38.3 Å². The topological polar surface area (TPSA) is 21.1 Å². The van der Waals surface area contributed by atoms with Gasteiger partial charge in [-0.05, 0) is 18.9 Å². The highest BCUT2D eigenvalue weighted by molar-refractivity contribution is 5.00. The second-order valence-electron chi connectivity index (χ2n) is 3.89. The molecule has 3 heteroatoms. The fraction of sp³-hybridized carbons (Fsp3) is 0.727. The predicted molar refractivity (Wildman–Crippen MR) is 60.1 cm³/mol. The third-order valence-corrected chi connectivity index (χ3v) is 2.33. The van der Waals surface area contributed by atoms with E-state index in [2.05, 4.69) is 18.1 Å². The molecule has 0 bridgehead atoms. The summed E-state index contributed by atoms with van der Waals surface area (Å²) in [6, 6.07) is 2.10. The van der Waals surface area contributed by atoms with Crippen LogP contribution in [0.15, 0.2) is 12.3 Å². The van der Waals surface area contributed by atoms with Crippen LogP contribution in [-0.4, -0.2) is 24.0 Å². The van der Waals surface area contributed by atoms with Gasteiger partial charge in [0.05, 0.1) is 5.69 Å². The summed E-state index contributed by atoms with van der Waals surface area (Å²) in [5.41, 5.74) is 1.20. The quantitative estimate of drug-likeness (QED) is 0.649. The summed E-state index contributed by atoms with van der Waals surface area (Å²) in [6.07, 6.45) is 8.35. The predicted octanol–water partition coefficient (Wildman–Crippen LogP) is 2.20. The lowest BCUT2D eigenvalue weighted by atomic mass is 10.1. The van der Waals surface area contributed by atoms with Gasteiger partial charge in [0.2, 0.25) is 0 Å². The van der Waals surface area contributed by atoms with Gasteiger partial charge in [0.1, 0.15) is 0 Å². The third-order valence-electron chi connectivity index (χ3n) is 2.33. The normalized spacial score (nSPS) is 10.5. The largest absolute Gasteiger partial charge is 0.303 e. The first-order valence-corrected chi connectivity index (χ1v) is 5.46. The number of unbranched alkanes of at least 4 members (excludes halogenated alkanes) is 3. The van der Waals surface area contributed by atoms with E-state index in [0.29, 0.717) is 0 Å². The molecule has 0 fully saturated rings. The van der Waals surface area contributed by atoms with Gasteiger partial charge >= 0.3 is 0 Å². The van der Waals surface area contributed by atoms with Crippen LogP contribution in [0, 0.1) is 0 Å². The molecule has 1 aromatic heterocycles. The molecule has 0 N–H and O–H groups in total. The standard InChI is InChI=1S/C11H21N3/c1-4-5-6-7-8-11-9-10-14(12-11)13(2)3/h9-10H,4-8H2,1-3H3. The van der Waals surface area contributed by atoms with Crippen LogP contribution in [-0.2, 0) is 6.42 Å². The Kier molecular flexibility index (Phi) is 4.50. The number of nitrogens with zero attached hydrogens (tertiary/aromatic N) is 3. The molecule has 1 aromatic rings. The van der Waals surface area contributed by atoms with Crippen LogP contribution < -0.4 is 5.01 Å². The molecule has 0 saturated carbocycles. The molecule has 0 aromatic carbocycles. The number of hydrogen-bond donors (Lipinski definition) is 0. The van der Waals surface area contributed by atoms with Crippen LogP contribution in [0.2, 0.25) is 0 Å². The molecule has 0 amide bonds. The highest BCUT2D eigenvalue weighted by Crippen LogP contribution is 2.05. The van der Waals surface area contributed by atoms with Gasteiger partial charge in [0.15, 0.2) is 0 Å². The van der Waals surface area contributed by atoms with Crippen LogP contribution in [0.25, 0.3) is 0 Å². The van der Waals surface area contributed by atoms with Crippen molar-refractivity contribution >= 4 is 0 Å². The average Bonchev–Trinajstić information content (AvgIpc) is 2.61. The SMILES string of the molecule is CCCCCCc1ccn(N(C)C)n1. The van der Waals surface area contributed by atoms with E-state index >= 15 is 0 Å². The van der Waals surface area contributed by atoms with Crippen LogP contribution in [0.3, 0.4) is 0 Å². The third kappa shape index (κ3) is 3.40. The van der Waals surface area contributed by atoms with Crippen molar-refractivity contribution in [3.8, 4) is 0 Å². The molecule has 14 heavy (non-hydrogen) atoms. The van der Waals surface area contributed by atoms with Gasteiger partial charge < -0.3 is 5.01 Å². The molecule has 0 atom stereocenters. The van der Waals surface area contributed by atoms with Gasteiger partial charge in [-0.15, -0.1) is 0 Å². The van der Waals surface area contributed by atoms with E-state index in [0.717, 1.165) is 6.42 Å². The first-order valence-electron chi connectivity index (χ1n) is 5.46. The summed E-state index contributed by atoms with van der Waals surface area (Å²) in [7, 11) is 3.99. The summed E-state index contributed by atoms with van der Waals surface area (Å²) in [5.74, 6) is 0. The minimum absolute atomic E-state index is 1.11. The summed E-state index contributed by atoms with van der Waals surface area (Å²) in [6.45, 7) is 2.24. The van der Waals surface area contributed by atoms with Gasteiger partial charge in [-0.1, -0.05) is 26.2 Å². The fourth-order valence-electron chi connectivity index (χ4n) is 1.44. The van der Waals surface area contributed by atoms with E-state index in [-0.39, 0.29) is 0 Å². The molecule has 0 aliphatic carbocycles. The summed E-state index contributed by atoms with van der Waals surface area (Å²) < 4.78 is 0. The van der Waals surface area contributed by atoms with Crippen LogP contribution >= 0.6 is 0 Å². The van der Waals surface area contributed by atoms with Crippen molar-refractivity contribution in [2.24, 2.45) is 0 Å². The second kappa shape index (κ2) is 5.68. The van der Waals surface area contributed by atoms with Crippen molar-refractivity contribution < 1.29 is 0 Å². The van der Waals surface area contributed by atoms with E-state index in [1.807, 2.05) is 30.1 Å². The lowest BCUT2D eigenvalue weighted by molar-refractivity contribution is 0.612. The highest BCUT2D eigenvalue weighted by Gasteiger charge is 1.99. The lowest BCUT2D eigenvalue weighted by Gasteiger charge is -2.10. The Hall–Kier alpha value is -0.990. The molecule has 0 aliphatic heterocycles. The molecule has 80 valence electrons. The van der Waals surface area contributed by atoms with Gasteiger partial charge in [-0.3, -0.25) is 0 Å². The Bertz CT molecular complexity index is 253. The molecular formula is C11H21N3. The van der Waals surface area contributed by atoms with E-state index in [4.69, 9.17) is 0 Å². The molecule has 1 rings (SSSR count). The molecular weight excluding hydrogens is 174 g/mol. The van der Waals surface area contributed by atoms with Gasteiger partial charge in [-0.25, -0.2) is 0 Å². The number of rotatable bonds is 6. The second-order valence-corrected chi connectivity index (χ2v) is 3.89. The molecule has 3 nitrogen and oxygen atoms in total. The summed E-state index contributed by atoms with van der Waals surface area (Å²) in [4.78, 5) is 1.87. The van der Waals surface area contributed by atoms with Crippen molar-refractivity contribution in [2.75, 3.05) is 19.1 Å². The fourth-order valence-corrected chi connectivity index (χ4v) is 1.44. The number of aryl methyl sites for hydroxylation is 1.